The lowest BCUT2D eigenvalue weighted by molar-refractivity contribution is 0.0693. The summed E-state index contributed by atoms with van der Waals surface area (Å²) >= 11 is 0. The van der Waals surface area contributed by atoms with Crippen LogP contribution in [-0.4, -0.2) is 42.0 Å². The van der Waals surface area contributed by atoms with Crippen molar-refractivity contribution in [1.82, 2.24) is 4.31 Å². The zero-order valence-corrected chi connectivity index (χ0v) is 12.1. The molecule has 0 aliphatic rings. The Balaban J connectivity index is 3.48. The molecular weight excluding hydrogens is 282 g/mol. The van der Waals surface area contributed by atoms with Gasteiger partial charge >= 0.3 is 5.97 Å². The molecule has 0 radical (unpaired) electrons. The summed E-state index contributed by atoms with van der Waals surface area (Å²) < 4.78 is 26.1. The van der Waals surface area contributed by atoms with Crippen molar-refractivity contribution in [1.29, 1.82) is 0 Å². The lowest BCUT2D eigenvalue weighted by Crippen LogP contribution is -2.31. The fourth-order valence-corrected chi connectivity index (χ4v) is 3.45. The number of nitrogens with zero attached hydrogens (tertiary/aromatic N) is 1. The normalized spacial score (nSPS) is 11.6. The molecule has 2 N–H and O–H groups in total. The highest BCUT2D eigenvalue weighted by Gasteiger charge is 2.26. The molecule has 1 aromatic carbocycles. The number of hydrogen-bond acceptors (Lipinski definition) is 4. The molecule has 0 spiro atoms. The van der Waals surface area contributed by atoms with Crippen LogP contribution in [0.3, 0.4) is 0 Å². The van der Waals surface area contributed by atoms with Gasteiger partial charge in [-0.25, -0.2) is 13.2 Å². The van der Waals surface area contributed by atoms with Crippen LogP contribution in [0.2, 0.25) is 0 Å². The molecule has 0 aliphatic heterocycles. The van der Waals surface area contributed by atoms with E-state index in [0.717, 1.165) is 12.1 Å². The van der Waals surface area contributed by atoms with Crippen LogP contribution in [0.25, 0.3) is 0 Å². The van der Waals surface area contributed by atoms with Gasteiger partial charge in [-0.1, -0.05) is 13.0 Å². The third kappa shape index (κ3) is 3.00. The van der Waals surface area contributed by atoms with Gasteiger partial charge in [0, 0.05) is 13.1 Å². The van der Waals surface area contributed by atoms with Gasteiger partial charge in [0.2, 0.25) is 10.0 Å². The zero-order valence-electron chi connectivity index (χ0n) is 11.3. The second-order valence-corrected chi connectivity index (χ2v) is 6.09. The summed E-state index contributed by atoms with van der Waals surface area (Å²) in [7, 11) is -3.83. The van der Waals surface area contributed by atoms with Gasteiger partial charge < -0.3 is 10.2 Å². The van der Waals surface area contributed by atoms with Crippen LogP contribution in [0.4, 0.5) is 0 Å². The van der Waals surface area contributed by atoms with Gasteiger partial charge in [0.1, 0.15) is 11.3 Å². The number of phenols is 1. The number of carboxylic acid groups (broad SMARTS) is 1. The van der Waals surface area contributed by atoms with Crippen molar-refractivity contribution in [2.24, 2.45) is 0 Å². The Kier molecular flexibility index (Phi) is 4.91. The number of sulfonamides is 1. The van der Waals surface area contributed by atoms with E-state index in [-0.39, 0.29) is 23.5 Å². The summed E-state index contributed by atoms with van der Waals surface area (Å²) in [6.45, 7) is 7.03. The van der Waals surface area contributed by atoms with E-state index in [4.69, 9.17) is 5.11 Å². The first-order valence-corrected chi connectivity index (χ1v) is 7.37. The minimum atomic E-state index is -3.83. The van der Waals surface area contributed by atoms with E-state index in [9.17, 15) is 18.3 Å². The van der Waals surface area contributed by atoms with Crippen molar-refractivity contribution < 1.29 is 23.4 Å². The van der Waals surface area contributed by atoms with E-state index in [1.165, 1.54) is 17.3 Å². The molecule has 0 saturated carbocycles. The van der Waals surface area contributed by atoms with Gasteiger partial charge in [-0.05, 0) is 24.6 Å². The number of rotatable bonds is 6. The molecule has 0 aliphatic carbocycles. The average Bonchev–Trinajstić information content (AvgIpc) is 2.34. The molecule has 0 atom stereocenters. The number of carbonyl (C=O) groups is 1. The SMILES string of the molecule is C=CCN(CC)S(=O)(=O)c1cc(C(=O)O)c(O)cc1C. The summed E-state index contributed by atoms with van der Waals surface area (Å²) in [5.74, 6) is -1.84. The van der Waals surface area contributed by atoms with Gasteiger partial charge in [0.25, 0.3) is 0 Å². The third-order valence-corrected chi connectivity index (χ3v) is 4.91. The number of hydrogen-bond donors (Lipinski definition) is 2. The largest absolute Gasteiger partial charge is 0.507 e. The fraction of sp³-hybridized carbons (Fsp3) is 0.308. The van der Waals surface area contributed by atoms with Crippen molar-refractivity contribution in [2.45, 2.75) is 18.7 Å². The van der Waals surface area contributed by atoms with Crippen LogP contribution < -0.4 is 0 Å². The number of aromatic hydroxyl groups is 1. The van der Waals surface area contributed by atoms with Crippen molar-refractivity contribution >= 4 is 16.0 Å². The number of carboxylic acids is 1. The Morgan fingerprint density at radius 2 is 2.05 bits per heavy atom. The van der Waals surface area contributed by atoms with Gasteiger partial charge in [-0.3, -0.25) is 0 Å². The summed E-state index contributed by atoms with van der Waals surface area (Å²) in [5.41, 5.74) is -0.154. The molecule has 0 saturated heterocycles. The minimum Gasteiger partial charge on any atom is -0.507 e. The Labute approximate surface area is 118 Å². The Hall–Kier alpha value is -1.86. The van der Waals surface area contributed by atoms with Crippen molar-refractivity contribution in [2.75, 3.05) is 13.1 Å². The van der Waals surface area contributed by atoms with Crippen LogP contribution in [0.5, 0.6) is 5.75 Å². The molecular formula is C13H17NO5S. The zero-order chi connectivity index (χ0) is 15.5. The van der Waals surface area contributed by atoms with E-state index < -0.39 is 27.3 Å². The molecule has 0 heterocycles. The predicted molar refractivity (Wildman–Crippen MR) is 74.4 cm³/mol. The van der Waals surface area contributed by atoms with E-state index in [2.05, 4.69) is 6.58 Å². The van der Waals surface area contributed by atoms with Crippen LogP contribution in [0.1, 0.15) is 22.8 Å². The Bertz CT molecular complexity index is 636. The Morgan fingerprint density at radius 3 is 2.50 bits per heavy atom. The lowest BCUT2D eigenvalue weighted by atomic mass is 10.1. The highest BCUT2D eigenvalue weighted by Crippen LogP contribution is 2.27. The third-order valence-electron chi connectivity index (χ3n) is 2.83. The Morgan fingerprint density at radius 1 is 1.45 bits per heavy atom. The van der Waals surface area contributed by atoms with E-state index in [0.29, 0.717) is 0 Å². The fourth-order valence-electron chi connectivity index (χ4n) is 1.80. The standard InChI is InChI=1S/C13H17NO5S/c1-4-6-14(5-2)20(18,19)12-8-10(13(16)17)11(15)7-9(12)3/h4,7-8,15H,1,5-6H2,2-3H3,(H,16,17). The quantitative estimate of drug-likeness (QED) is 0.778. The van der Waals surface area contributed by atoms with Gasteiger partial charge in [-0.2, -0.15) is 4.31 Å². The topological polar surface area (TPSA) is 94.9 Å². The van der Waals surface area contributed by atoms with Crippen LogP contribution >= 0.6 is 0 Å². The number of benzene rings is 1. The second-order valence-electron chi connectivity index (χ2n) is 4.18. The van der Waals surface area contributed by atoms with E-state index in [1.54, 1.807) is 6.92 Å². The van der Waals surface area contributed by atoms with Gasteiger partial charge in [-0.15, -0.1) is 6.58 Å². The molecule has 1 rings (SSSR count). The maximum atomic E-state index is 12.5. The molecule has 6 nitrogen and oxygen atoms in total. The summed E-state index contributed by atoms with van der Waals surface area (Å²) in [4.78, 5) is 10.9. The van der Waals surface area contributed by atoms with E-state index in [1.807, 2.05) is 0 Å². The maximum absolute atomic E-state index is 12.5. The van der Waals surface area contributed by atoms with Gasteiger partial charge in [0.15, 0.2) is 0 Å². The van der Waals surface area contributed by atoms with Crippen molar-refractivity contribution in [3.8, 4) is 5.75 Å². The summed E-state index contributed by atoms with van der Waals surface area (Å²) in [6.07, 6.45) is 1.45. The average molecular weight is 299 g/mol. The minimum absolute atomic E-state index is 0.127. The molecule has 0 fully saturated rings. The highest BCUT2D eigenvalue weighted by molar-refractivity contribution is 7.89. The predicted octanol–water partition coefficient (Wildman–Crippen LogP) is 1.60. The lowest BCUT2D eigenvalue weighted by Gasteiger charge is -2.20. The molecule has 1 aromatic rings. The van der Waals surface area contributed by atoms with Gasteiger partial charge in [0.05, 0.1) is 4.90 Å². The second kappa shape index (κ2) is 6.06. The smallest absolute Gasteiger partial charge is 0.339 e. The first-order valence-electron chi connectivity index (χ1n) is 5.93. The molecule has 20 heavy (non-hydrogen) atoms. The van der Waals surface area contributed by atoms with Crippen LogP contribution in [0.15, 0.2) is 29.7 Å². The van der Waals surface area contributed by atoms with E-state index >= 15 is 0 Å². The first kappa shape index (κ1) is 16.2. The highest BCUT2D eigenvalue weighted by atomic mass is 32.2. The van der Waals surface area contributed by atoms with Crippen LogP contribution in [-0.2, 0) is 10.0 Å². The molecule has 0 aromatic heterocycles. The summed E-state index contributed by atoms with van der Waals surface area (Å²) in [6, 6.07) is 2.12. The number of aryl methyl sites for hydroxylation is 1. The molecule has 0 unspecified atom stereocenters. The first-order chi connectivity index (χ1) is 9.25. The van der Waals surface area contributed by atoms with Crippen LogP contribution in [0, 0.1) is 6.92 Å². The molecule has 0 bridgehead atoms. The molecule has 0 amide bonds. The number of likely N-dealkylation sites (N-methyl/N-ethyl adjacent to an activating group) is 1. The van der Waals surface area contributed by atoms with Crippen molar-refractivity contribution in [3.05, 3.63) is 35.9 Å². The molecule has 110 valence electrons. The molecule has 7 heteroatoms. The monoisotopic (exact) mass is 299 g/mol. The maximum Gasteiger partial charge on any atom is 0.339 e. The van der Waals surface area contributed by atoms with Crippen molar-refractivity contribution in [3.63, 3.8) is 0 Å². The number of aromatic carboxylic acids is 1. The summed E-state index contributed by atoms with van der Waals surface area (Å²) in [5, 5.41) is 18.5.